The van der Waals surface area contributed by atoms with Gasteiger partial charge in [-0.05, 0) is 41.8 Å². The Kier molecular flexibility index (Phi) is 5.75. The van der Waals surface area contributed by atoms with Gasteiger partial charge in [-0.3, -0.25) is 14.6 Å². The quantitative estimate of drug-likeness (QED) is 0.650. The van der Waals surface area contributed by atoms with E-state index in [4.69, 9.17) is 4.74 Å². The lowest BCUT2D eigenvalue weighted by Gasteiger charge is -2.28. The van der Waals surface area contributed by atoms with E-state index in [2.05, 4.69) is 9.97 Å². The molecule has 4 heterocycles. The van der Waals surface area contributed by atoms with Crippen LogP contribution in [0.2, 0.25) is 0 Å². The smallest absolute Gasteiger partial charge is 0.252 e. The Hall–Kier alpha value is -3.78. The number of rotatable bonds is 5. The molecule has 0 atom stereocenters. The Bertz CT molecular complexity index is 1180. The second-order valence-corrected chi connectivity index (χ2v) is 8.13. The van der Waals surface area contributed by atoms with Crippen LogP contribution in [-0.4, -0.2) is 53.2 Å². The molecule has 0 saturated carbocycles. The molecular weight excluding hydrogens is 420 g/mol. The number of pyridine rings is 2. The molecule has 1 aromatic carbocycles. The van der Waals surface area contributed by atoms with Crippen molar-refractivity contribution in [1.82, 2.24) is 9.97 Å². The van der Waals surface area contributed by atoms with Crippen molar-refractivity contribution in [3.05, 3.63) is 66.1 Å². The van der Waals surface area contributed by atoms with Gasteiger partial charge in [-0.2, -0.15) is 0 Å². The second kappa shape index (κ2) is 8.99. The Balaban J connectivity index is 1.30. The number of carbonyl (C=O) groups is 2. The summed E-state index contributed by atoms with van der Waals surface area (Å²) in [6.07, 6.45) is 5.64. The van der Waals surface area contributed by atoms with Crippen LogP contribution in [0.5, 0.6) is 5.88 Å². The zero-order chi connectivity index (χ0) is 22.8. The van der Waals surface area contributed by atoms with Gasteiger partial charge in [-0.1, -0.05) is 18.2 Å². The van der Waals surface area contributed by atoms with Crippen LogP contribution < -0.4 is 14.5 Å². The van der Waals surface area contributed by atoms with Crippen molar-refractivity contribution in [3.8, 4) is 17.0 Å². The molecule has 8 heteroatoms. The van der Waals surface area contributed by atoms with Crippen molar-refractivity contribution in [2.75, 3.05) is 36.1 Å². The van der Waals surface area contributed by atoms with Crippen LogP contribution in [0, 0.1) is 0 Å². The number of fused-ring (bicyclic) bond motifs is 1. The number of nitrogens with zero attached hydrogens (tertiary/aromatic N) is 4. The van der Waals surface area contributed by atoms with Gasteiger partial charge >= 0.3 is 0 Å². The highest BCUT2D eigenvalue weighted by Crippen LogP contribution is 2.31. The van der Waals surface area contributed by atoms with Gasteiger partial charge in [-0.15, -0.1) is 0 Å². The van der Waals surface area contributed by atoms with Crippen LogP contribution in [0.25, 0.3) is 11.1 Å². The fourth-order valence-corrected chi connectivity index (χ4v) is 4.25. The molecule has 2 aromatic heterocycles. The van der Waals surface area contributed by atoms with Gasteiger partial charge in [0.05, 0.1) is 6.54 Å². The standard InChI is InChI=1S/C25H24N4O4/c30-16-24(32)29-10-11-33-25-22(29)13-17(14-27-25)12-20-6-3-19(15-26-20)18-4-7-21(8-5-18)28-9-1-2-23(28)31/h3-8,13-15,30H,1-2,9-12,16H2. The van der Waals surface area contributed by atoms with Crippen LogP contribution in [0.1, 0.15) is 24.1 Å². The lowest BCUT2D eigenvalue weighted by Crippen LogP contribution is -2.39. The van der Waals surface area contributed by atoms with E-state index in [9.17, 15) is 14.7 Å². The van der Waals surface area contributed by atoms with Crippen molar-refractivity contribution in [2.45, 2.75) is 19.3 Å². The Labute approximate surface area is 191 Å². The average Bonchev–Trinajstić information content (AvgIpc) is 3.29. The third kappa shape index (κ3) is 4.29. The van der Waals surface area contributed by atoms with Gasteiger partial charge in [-0.25, -0.2) is 4.98 Å². The molecule has 1 N–H and O–H groups in total. The largest absolute Gasteiger partial charge is 0.474 e. The molecular formula is C25H24N4O4. The summed E-state index contributed by atoms with van der Waals surface area (Å²) in [5.74, 6) is 0.205. The molecule has 5 rings (SSSR count). The average molecular weight is 444 g/mol. The van der Waals surface area contributed by atoms with Gasteiger partial charge < -0.3 is 19.6 Å². The molecule has 0 radical (unpaired) electrons. The molecule has 2 aliphatic heterocycles. The zero-order valence-corrected chi connectivity index (χ0v) is 18.1. The minimum Gasteiger partial charge on any atom is -0.474 e. The predicted octanol–water partition coefficient (Wildman–Crippen LogP) is 2.58. The number of benzene rings is 1. The maximum absolute atomic E-state index is 12.0. The van der Waals surface area contributed by atoms with Crippen molar-refractivity contribution in [3.63, 3.8) is 0 Å². The van der Waals surface area contributed by atoms with Crippen molar-refractivity contribution < 1.29 is 19.4 Å². The summed E-state index contributed by atoms with van der Waals surface area (Å²) in [5.41, 5.74) is 5.31. The number of hydrogen-bond donors (Lipinski definition) is 1. The van der Waals surface area contributed by atoms with E-state index in [-0.39, 0.29) is 11.8 Å². The van der Waals surface area contributed by atoms with E-state index < -0.39 is 6.61 Å². The summed E-state index contributed by atoms with van der Waals surface area (Å²) in [7, 11) is 0. The molecule has 8 nitrogen and oxygen atoms in total. The third-order valence-electron chi connectivity index (χ3n) is 5.97. The number of aliphatic hydroxyl groups is 1. The summed E-state index contributed by atoms with van der Waals surface area (Å²) in [6, 6.07) is 13.8. The van der Waals surface area contributed by atoms with Gasteiger partial charge in [0.25, 0.3) is 5.91 Å². The van der Waals surface area contributed by atoms with Crippen molar-refractivity contribution >= 4 is 23.2 Å². The monoisotopic (exact) mass is 444 g/mol. The van der Waals surface area contributed by atoms with E-state index in [0.717, 1.165) is 41.0 Å². The van der Waals surface area contributed by atoms with E-state index in [1.165, 1.54) is 4.90 Å². The highest BCUT2D eigenvalue weighted by Gasteiger charge is 2.25. The van der Waals surface area contributed by atoms with Crippen LogP contribution >= 0.6 is 0 Å². The normalized spacial score (nSPS) is 15.4. The van der Waals surface area contributed by atoms with Crippen LogP contribution in [0.15, 0.2) is 54.9 Å². The maximum atomic E-state index is 12.0. The number of aromatic nitrogens is 2. The minimum atomic E-state index is -0.554. The van der Waals surface area contributed by atoms with Gasteiger partial charge in [0, 0.05) is 48.7 Å². The van der Waals surface area contributed by atoms with E-state index >= 15 is 0 Å². The number of hydrogen-bond acceptors (Lipinski definition) is 6. The fraction of sp³-hybridized carbons (Fsp3) is 0.280. The highest BCUT2D eigenvalue weighted by atomic mass is 16.5. The first kappa shape index (κ1) is 21.1. The summed E-state index contributed by atoms with van der Waals surface area (Å²) >= 11 is 0. The lowest BCUT2D eigenvalue weighted by atomic mass is 10.1. The molecule has 0 unspecified atom stereocenters. The molecule has 1 saturated heterocycles. The van der Waals surface area contributed by atoms with Crippen LogP contribution in [0.4, 0.5) is 11.4 Å². The first-order valence-electron chi connectivity index (χ1n) is 11.0. The molecule has 0 spiro atoms. The molecule has 3 aromatic rings. The summed E-state index contributed by atoms with van der Waals surface area (Å²) in [5, 5.41) is 9.24. The molecule has 2 aliphatic rings. The number of carbonyl (C=O) groups excluding carboxylic acids is 2. The van der Waals surface area contributed by atoms with E-state index in [0.29, 0.717) is 37.6 Å². The van der Waals surface area contributed by atoms with Gasteiger partial charge in [0.2, 0.25) is 11.8 Å². The Morgan fingerprint density at radius 3 is 2.55 bits per heavy atom. The van der Waals surface area contributed by atoms with Crippen LogP contribution in [-0.2, 0) is 16.0 Å². The van der Waals surface area contributed by atoms with E-state index in [1.54, 1.807) is 6.20 Å². The fourth-order valence-electron chi connectivity index (χ4n) is 4.25. The van der Waals surface area contributed by atoms with Crippen LogP contribution in [0.3, 0.4) is 0 Å². The summed E-state index contributed by atoms with van der Waals surface area (Å²) in [4.78, 5) is 36.3. The minimum absolute atomic E-state index is 0.181. The molecule has 2 amide bonds. The predicted molar refractivity (Wildman–Crippen MR) is 123 cm³/mol. The maximum Gasteiger partial charge on any atom is 0.252 e. The van der Waals surface area contributed by atoms with Crippen molar-refractivity contribution in [2.24, 2.45) is 0 Å². The molecule has 168 valence electrons. The number of amides is 2. The van der Waals surface area contributed by atoms with Gasteiger partial charge in [0.1, 0.15) is 18.9 Å². The molecule has 0 aliphatic carbocycles. The van der Waals surface area contributed by atoms with Crippen molar-refractivity contribution in [1.29, 1.82) is 0 Å². The number of anilines is 2. The lowest BCUT2D eigenvalue weighted by molar-refractivity contribution is -0.121. The molecule has 33 heavy (non-hydrogen) atoms. The summed E-state index contributed by atoms with van der Waals surface area (Å²) < 4.78 is 5.54. The van der Waals surface area contributed by atoms with Gasteiger partial charge in [0.15, 0.2) is 0 Å². The topological polar surface area (TPSA) is 95.9 Å². The second-order valence-electron chi connectivity index (χ2n) is 8.13. The molecule has 0 bridgehead atoms. The first-order valence-corrected chi connectivity index (χ1v) is 11.0. The zero-order valence-electron chi connectivity index (χ0n) is 18.1. The highest BCUT2D eigenvalue weighted by molar-refractivity contribution is 5.96. The number of ether oxygens (including phenoxy) is 1. The SMILES string of the molecule is O=C1CCCN1c1ccc(-c2ccc(Cc3cnc4c(c3)N(C(=O)CO)CCO4)nc2)cc1. The third-order valence-corrected chi connectivity index (χ3v) is 5.97. The Morgan fingerprint density at radius 2 is 1.85 bits per heavy atom. The molecule has 1 fully saturated rings. The Morgan fingerprint density at radius 1 is 1.03 bits per heavy atom. The number of aliphatic hydroxyl groups excluding tert-OH is 1. The first-order chi connectivity index (χ1) is 16.1. The summed E-state index contributed by atoms with van der Waals surface area (Å²) in [6.45, 7) is 0.963. The van der Waals surface area contributed by atoms with E-state index in [1.807, 2.05) is 53.6 Å².